The second-order valence-corrected chi connectivity index (χ2v) is 5.86. The monoisotopic (exact) mass is 361 g/mol. The van der Waals surface area contributed by atoms with Crippen molar-refractivity contribution in [3.8, 4) is 5.75 Å². The summed E-state index contributed by atoms with van der Waals surface area (Å²) in [5.74, 6) is -0.296. The van der Waals surface area contributed by atoms with Crippen LogP contribution in [0.2, 0.25) is 5.02 Å². The van der Waals surface area contributed by atoms with E-state index in [0.717, 1.165) is 5.56 Å². The van der Waals surface area contributed by atoms with Gasteiger partial charge in [-0.1, -0.05) is 30.7 Å². The Morgan fingerprint density at radius 3 is 2.56 bits per heavy atom. The second-order valence-electron chi connectivity index (χ2n) is 5.45. The summed E-state index contributed by atoms with van der Waals surface area (Å²) in [4.78, 5) is 24.3. The number of nitrogens with one attached hydrogen (secondary N) is 1. The minimum absolute atomic E-state index is 0.288. The van der Waals surface area contributed by atoms with Crippen LogP contribution in [-0.2, 0) is 9.53 Å². The number of benzene rings is 2. The number of esters is 1. The number of halogens is 1. The molecule has 0 heterocycles. The summed E-state index contributed by atoms with van der Waals surface area (Å²) in [7, 11) is 1.29. The molecule has 0 aromatic heterocycles. The van der Waals surface area contributed by atoms with E-state index in [-0.39, 0.29) is 11.5 Å². The zero-order valence-corrected chi connectivity index (χ0v) is 15.1. The number of hydrogen-bond donors (Lipinski definition) is 1. The first kappa shape index (κ1) is 18.8. The van der Waals surface area contributed by atoms with Gasteiger partial charge in [-0.15, -0.1) is 0 Å². The van der Waals surface area contributed by atoms with Gasteiger partial charge in [-0.25, -0.2) is 4.79 Å². The van der Waals surface area contributed by atoms with Gasteiger partial charge in [-0.3, -0.25) is 4.79 Å². The lowest BCUT2D eigenvalue weighted by atomic mass is 10.1. The molecule has 2 aromatic carbocycles. The summed E-state index contributed by atoms with van der Waals surface area (Å²) >= 11 is 6.00. The number of carbonyl (C=O) groups is 2. The van der Waals surface area contributed by atoms with Gasteiger partial charge in [0.25, 0.3) is 5.91 Å². The van der Waals surface area contributed by atoms with Gasteiger partial charge >= 0.3 is 5.97 Å². The molecule has 1 N–H and O–H groups in total. The van der Waals surface area contributed by atoms with Crippen molar-refractivity contribution >= 4 is 29.2 Å². The lowest BCUT2D eigenvalue weighted by Gasteiger charge is -2.18. The first-order valence-corrected chi connectivity index (χ1v) is 8.25. The van der Waals surface area contributed by atoms with Crippen molar-refractivity contribution in [2.24, 2.45) is 0 Å². The van der Waals surface area contributed by atoms with Gasteiger partial charge in [-0.2, -0.15) is 0 Å². The van der Waals surface area contributed by atoms with Crippen LogP contribution in [0.25, 0.3) is 0 Å². The normalized spacial score (nSPS) is 11.5. The van der Waals surface area contributed by atoms with Crippen LogP contribution >= 0.6 is 11.6 Å². The first-order chi connectivity index (χ1) is 12.0. The predicted octanol–water partition coefficient (Wildman–Crippen LogP) is 4.23. The van der Waals surface area contributed by atoms with Gasteiger partial charge in [-0.05, 0) is 49.2 Å². The molecule has 0 bridgehead atoms. The fraction of sp³-hybridized carbons (Fsp3) is 0.263. The number of amides is 1. The van der Waals surface area contributed by atoms with E-state index >= 15 is 0 Å². The number of hydrogen-bond acceptors (Lipinski definition) is 4. The molecule has 5 nitrogen and oxygen atoms in total. The molecule has 132 valence electrons. The minimum Gasteiger partial charge on any atom is -0.481 e. The minimum atomic E-state index is -0.703. The Hall–Kier alpha value is -2.53. The smallest absolute Gasteiger partial charge is 0.339 e. The Morgan fingerprint density at radius 1 is 1.20 bits per heavy atom. The van der Waals surface area contributed by atoms with Crippen molar-refractivity contribution in [3.05, 3.63) is 58.6 Å². The summed E-state index contributed by atoms with van der Waals surface area (Å²) in [5.41, 5.74) is 1.54. The molecule has 0 saturated heterocycles. The van der Waals surface area contributed by atoms with Crippen LogP contribution in [0.15, 0.2) is 42.5 Å². The Labute approximate surface area is 151 Å². The lowest BCUT2D eigenvalue weighted by molar-refractivity contribution is -0.122. The van der Waals surface area contributed by atoms with Gasteiger partial charge in [0.05, 0.1) is 18.4 Å². The van der Waals surface area contributed by atoms with Crippen molar-refractivity contribution in [2.75, 3.05) is 12.4 Å². The third kappa shape index (κ3) is 4.73. The summed E-state index contributed by atoms with van der Waals surface area (Å²) in [6.45, 7) is 3.71. The maximum atomic E-state index is 12.5. The third-order valence-corrected chi connectivity index (χ3v) is 4.09. The number of methoxy groups -OCH3 is 1. The topological polar surface area (TPSA) is 64.6 Å². The van der Waals surface area contributed by atoms with Crippen molar-refractivity contribution in [1.82, 2.24) is 0 Å². The van der Waals surface area contributed by atoms with Crippen molar-refractivity contribution in [1.29, 1.82) is 0 Å². The molecule has 1 amide bonds. The number of anilines is 1. The van der Waals surface area contributed by atoms with Gasteiger partial charge in [0, 0.05) is 5.02 Å². The Bertz CT molecular complexity index is 776. The third-order valence-electron chi connectivity index (χ3n) is 3.66. The number of carbonyl (C=O) groups excluding carboxylic acids is 2. The van der Waals surface area contributed by atoms with Crippen LogP contribution < -0.4 is 10.1 Å². The molecule has 0 saturated carbocycles. The van der Waals surface area contributed by atoms with Crippen LogP contribution in [0, 0.1) is 6.92 Å². The highest BCUT2D eigenvalue weighted by molar-refractivity contribution is 6.31. The van der Waals surface area contributed by atoms with E-state index in [9.17, 15) is 9.59 Å². The lowest BCUT2D eigenvalue weighted by Crippen LogP contribution is -2.33. The fourth-order valence-corrected chi connectivity index (χ4v) is 2.39. The van der Waals surface area contributed by atoms with E-state index in [1.807, 2.05) is 13.8 Å². The van der Waals surface area contributed by atoms with E-state index < -0.39 is 12.1 Å². The molecule has 0 aliphatic carbocycles. The Balaban J connectivity index is 2.15. The molecule has 2 aromatic rings. The molecule has 25 heavy (non-hydrogen) atoms. The molecule has 0 radical (unpaired) electrons. The standard InChI is InChI=1S/C19H20ClNO4/c1-4-17(25-13-9-10-15(20)12(2)11-13)18(22)21-16-8-6-5-7-14(16)19(23)24-3/h5-11,17H,4H2,1-3H3,(H,21,22)/t17-/m0/s1. The van der Waals surface area contributed by atoms with Gasteiger partial charge in [0.2, 0.25) is 0 Å². The van der Waals surface area contributed by atoms with Crippen LogP contribution in [0.1, 0.15) is 29.3 Å². The second kappa shape index (κ2) is 8.53. The molecule has 0 spiro atoms. The Morgan fingerprint density at radius 2 is 1.92 bits per heavy atom. The average molecular weight is 362 g/mol. The molecule has 0 aliphatic heterocycles. The predicted molar refractivity (Wildman–Crippen MR) is 97.3 cm³/mol. The molecule has 2 rings (SSSR count). The van der Waals surface area contributed by atoms with E-state index in [0.29, 0.717) is 22.9 Å². The van der Waals surface area contributed by atoms with E-state index in [1.165, 1.54) is 7.11 Å². The highest BCUT2D eigenvalue weighted by Gasteiger charge is 2.21. The van der Waals surface area contributed by atoms with Gasteiger partial charge < -0.3 is 14.8 Å². The van der Waals surface area contributed by atoms with Crippen LogP contribution in [-0.4, -0.2) is 25.1 Å². The SMILES string of the molecule is CC[C@H](Oc1ccc(Cl)c(C)c1)C(=O)Nc1ccccc1C(=O)OC. The molecule has 0 unspecified atom stereocenters. The van der Waals surface area contributed by atoms with Crippen LogP contribution in [0.4, 0.5) is 5.69 Å². The quantitative estimate of drug-likeness (QED) is 0.782. The van der Waals surface area contributed by atoms with Crippen molar-refractivity contribution in [3.63, 3.8) is 0 Å². The van der Waals surface area contributed by atoms with Gasteiger partial charge in [0.1, 0.15) is 5.75 Å². The highest BCUT2D eigenvalue weighted by Crippen LogP contribution is 2.23. The van der Waals surface area contributed by atoms with Gasteiger partial charge in [0.15, 0.2) is 6.10 Å². The Kier molecular flexibility index (Phi) is 6.42. The molecular formula is C19H20ClNO4. The summed E-state index contributed by atoms with van der Waals surface area (Å²) in [5, 5.41) is 3.37. The van der Waals surface area contributed by atoms with E-state index in [4.69, 9.17) is 21.1 Å². The molecule has 1 atom stereocenters. The number of aryl methyl sites for hydroxylation is 1. The van der Waals surface area contributed by atoms with Crippen molar-refractivity contribution in [2.45, 2.75) is 26.4 Å². The molecular weight excluding hydrogens is 342 g/mol. The summed E-state index contributed by atoms with van der Waals surface area (Å²) in [6, 6.07) is 11.9. The molecule has 0 aliphatic rings. The van der Waals surface area contributed by atoms with E-state index in [1.54, 1.807) is 42.5 Å². The van der Waals surface area contributed by atoms with Crippen LogP contribution in [0.5, 0.6) is 5.75 Å². The largest absolute Gasteiger partial charge is 0.481 e. The summed E-state index contributed by atoms with van der Waals surface area (Å²) in [6.07, 6.45) is -0.236. The fourth-order valence-electron chi connectivity index (χ4n) is 2.27. The molecule has 0 fully saturated rings. The zero-order valence-electron chi connectivity index (χ0n) is 14.3. The maximum Gasteiger partial charge on any atom is 0.339 e. The van der Waals surface area contributed by atoms with Crippen LogP contribution in [0.3, 0.4) is 0 Å². The van der Waals surface area contributed by atoms with Crippen molar-refractivity contribution < 1.29 is 19.1 Å². The number of ether oxygens (including phenoxy) is 2. The zero-order chi connectivity index (χ0) is 18.4. The maximum absolute atomic E-state index is 12.5. The number of rotatable bonds is 6. The molecule has 6 heteroatoms. The summed E-state index contributed by atoms with van der Waals surface area (Å²) < 4.78 is 10.5. The average Bonchev–Trinajstić information content (AvgIpc) is 2.62. The highest BCUT2D eigenvalue weighted by atomic mass is 35.5. The number of para-hydroxylation sites is 1. The first-order valence-electron chi connectivity index (χ1n) is 7.87. The van der Waals surface area contributed by atoms with E-state index in [2.05, 4.69) is 5.32 Å².